The molecule has 0 aromatic heterocycles. The standard InChI is InChI=1S/C11H22N4O2/c1-4-14(5-2)11(17)10(16)12-15-8-6-13(3)7-9-15/h4-9H2,1-3H3,(H,12,16). The molecule has 1 aliphatic rings. The number of piperazine rings is 1. The Morgan fingerprint density at radius 2 is 1.65 bits per heavy atom. The maximum atomic E-state index is 11.7. The van der Waals surface area contributed by atoms with Crippen molar-refractivity contribution in [3.05, 3.63) is 0 Å². The quantitative estimate of drug-likeness (QED) is 0.654. The minimum atomic E-state index is -0.529. The fourth-order valence-corrected chi connectivity index (χ4v) is 1.76. The summed E-state index contributed by atoms with van der Waals surface area (Å²) in [5.41, 5.74) is 2.66. The molecule has 1 heterocycles. The van der Waals surface area contributed by atoms with Crippen molar-refractivity contribution in [2.24, 2.45) is 0 Å². The molecule has 0 radical (unpaired) electrons. The Balaban J connectivity index is 2.40. The molecule has 6 nitrogen and oxygen atoms in total. The average Bonchev–Trinajstić information content (AvgIpc) is 2.33. The lowest BCUT2D eigenvalue weighted by Gasteiger charge is -2.32. The predicted molar refractivity (Wildman–Crippen MR) is 65.1 cm³/mol. The minimum Gasteiger partial charge on any atom is -0.335 e. The fraction of sp³-hybridized carbons (Fsp3) is 0.818. The van der Waals surface area contributed by atoms with E-state index >= 15 is 0 Å². The maximum Gasteiger partial charge on any atom is 0.323 e. The molecule has 0 atom stereocenters. The maximum absolute atomic E-state index is 11.7. The van der Waals surface area contributed by atoms with Gasteiger partial charge in [0.2, 0.25) is 0 Å². The van der Waals surface area contributed by atoms with Crippen LogP contribution in [0.15, 0.2) is 0 Å². The molecule has 1 fully saturated rings. The summed E-state index contributed by atoms with van der Waals surface area (Å²) in [7, 11) is 2.04. The highest BCUT2D eigenvalue weighted by Crippen LogP contribution is 1.96. The van der Waals surface area contributed by atoms with Gasteiger partial charge in [0.25, 0.3) is 0 Å². The van der Waals surface area contributed by atoms with Crippen molar-refractivity contribution >= 4 is 11.8 Å². The number of rotatable bonds is 3. The van der Waals surface area contributed by atoms with Crippen LogP contribution in [0.4, 0.5) is 0 Å². The zero-order valence-corrected chi connectivity index (χ0v) is 10.9. The highest BCUT2D eigenvalue weighted by molar-refractivity contribution is 6.34. The molecule has 1 rings (SSSR count). The summed E-state index contributed by atoms with van der Waals surface area (Å²) < 4.78 is 0. The van der Waals surface area contributed by atoms with Crippen molar-refractivity contribution in [2.75, 3.05) is 46.3 Å². The molecule has 98 valence electrons. The first-order valence-electron chi connectivity index (χ1n) is 6.11. The van der Waals surface area contributed by atoms with Crippen LogP contribution in [0, 0.1) is 0 Å². The molecule has 2 amide bonds. The monoisotopic (exact) mass is 242 g/mol. The molecule has 0 saturated carbocycles. The van der Waals surface area contributed by atoms with Gasteiger partial charge < -0.3 is 9.80 Å². The molecule has 0 aliphatic carbocycles. The van der Waals surface area contributed by atoms with Crippen molar-refractivity contribution in [1.29, 1.82) is 0 Å². The summed E-state index contributed by atoms with van der Waals surface area (Å²) in [6.07, 6.45) is 0. The zero-order chi connectivity index (χ0) is 12.8. The molecule has 0 aromatic carbocycles. The Morgan fingerprint density at radius 1 is 1.12 bits per heavy atom. The van der Waals surface area contributed by atoms with Crippen LogP contribution in [-0.4, -0.2) is 72.9 Å². The Labute approximate surface area is 103 Å². The summed E-state index contributed by atoms with van der Waals surface area (Å²) in [5.74, 6) is -0.979. The third-order valence-corrected chi connectivity index (χ3v) is 3.01. The van der Waals surface area contributed by atoms with E-state index in [0.29, 0.717) is 13.1 Å². The molecular formula is C11H22N4O2. The van der Waals surface area contributed by atoms with E-state index in [2.05, 4.69) is 10.3 Å². The predicted octanol–water partition coefficient (Wildman–Crippen LogP) is -0.867. The highest BCUT2D eigenvalue weighted by atomic mass is 16.2. The molecule has 1 aliphatic heterocycles. The third-order valence-electron chi connectivity index (χ3n) is 3.01. The number of amides is 2. The number of nitrogens with zero attached hydrogens (tertiary/aromatic N) is 3. The largest absolute Gasteiger partial charge is 0.335 e. The Bertz CT molecular complexity index is 271. The molecule has 0 aromatic rings. The molecule has 0 unspecified atom stereocenters. The zero-order valence-electron chi connectivity index (χ0n) is 10.9. The number of hydrogen-bond acceptors (Lipinski definition) is 4. The molecular weight excluding hydrogens is 220 g/mol. The molecule has 0 bridgehead atoms. The Hall–Kier alpha value is -1.14. The van der Waals surface area contributed by atoms with Gasteiger partial charge in [-0.05, 0) is 20.9 Å². The van der Waals surface area contributed by atoms with Gasteiger partial charge >= 0.3 is 11.8 Å². The van der Waals surface area contributed by atoms with Crippen molar-refractivity contribution in [3.8, 4) is 0 Å². The van der Waals surface area contributed by atoms with E-state index < -0.39 is 11.8 Å². The second kappa shape index (κ2) is 6.56. The first-order valence-corrected chi connectivity index (χ1v) is 6.11. The van der Waals surface area contributed by atoms with Crippen LogP contribution in [0.25, 0.3) is 0 Å². The molecule has 0 spiro atoms. The van der Waals surface area contributed by atoms with E-state index in [4.69, 9.17) is 0 Å². The second-order valence-electron chi connectivity index (χ2n) is 4.21. The van der Waals surface area contributed by atoms with Crippen LogP contribution in [0.5, 0.6) is 0 Å². The number of hydrazine groups is 1. The normalized spacial score (nSPS) is 17.8. The lowest BCUT2D eigenvalue weighted by molar-refractivity contribution is -0.148. The molecule has 1 saturated heterocycles. The van der Waals surface area contributed by atoms with Gasteiger partial charge in [-0.25, -0.2) is 5.01 Å². The third kappa shape index (κ3) is 3.98. The Morgan fingerprint density at radius 3 is 2.12 bits per heavy atom. The van der Waals surface area contributed by atoms with Gasteiger partial charge in [0, 0.05) is 39.3 Å². The summed E-state index contributed by atoms with van der Waals surface area (Å²) in [6.45, 7) is 8.17. The van der Waals surface area contributed by atoms with Gasteiger partial charge in [0.05, 0.1) is 0 Å². The smallest absolute Gasteiger partial charge is 0.323 e. The first kappa shape index (κ1) is 13.9. The van der Waals surface area contributed by atoms with Gasteiger partial charge in [0.1, 0.15) is 0 Å². The van der Waals surface area contributed by atoms with E-state index in [1.807, 2.05) is 25.9 Å². The van der Waals surface area contributed by atoms with Gasteiger partial charge in [-0.1, -0.05) is 0 Å². The van der Waals surface area contributed by atoms with Crippen LogP contribution in [0.2, 0.25) is 0 Å². The summed E-state index contributed by atoms with van der Waals surface area (Å²) in [6, 6.07) is 0. The van der Waals surface area contributed by atoms with Crippen molar-refractivity contribution in [3.63, 3.8) is 0 Å². The van der Waals surface area contributed by atoms with Crippen molar-refractivity contribution in [2.45, 2.75) is 13.8 Å². The van der Waals surface area contributed by atoms with E-state index in [1.54, 1.807) is 0 Å². The van der Waals surface area contributed by atoms with Crippen LogP contribution in [0.1, 0.15) is 13.8 Å². The molecule has 17 heavy (non-hydrogen) atoms. The van der Waals surface area contributed by atoms with Gasteiger partial charge in [-0.2, -0.15) is 0 Å². The molecule has 6 heteroatoms. The summed E-state index contributed by atoms with van der Waals surface area (Å²) in [4.78, 5) is 27.1. The van der Waals surface area contributed by atoms with Crippen LogP contribution < -0.4 is 5.43 Å². The van der Waals surface area contributed by atoms with Gasteiger partial charge in [-0.15, -0.1) is 0 Å². The lowest BCUT2D eigenvalue weighted by Crippen LogP contribution is -2.55. The second-order valence-corrected chi connectivity index (χ2v) is 4.21. The van der Waals surface area contributed by atoms with E-state index in [1.165, 1.54) is 4.90 Å². The van der Waals surface area contributed by atoms with Crippen LogP contribution in [0.3, 0.4) is 0 Å². The minimum absolute atomic E-state index is 0.450. The van der Waals surface area contributed by atoms with Gasteiger partial charge in [-0.3, -0.25) is 15.0 Å². The number of carbonyl (C=O) groups is 2. The fourth-order valence-electron chi connectivity index (χ4n) is 1.76. The lowest BCUT2D eigenvalue weighted by atomic mass is 10.4. The van der Waals surface area contributed by atoms with E-state index in [-0.39, 0.29) is 0 Å². The van der Waals surface area contributed by atoms with Gasteiger partial charge in [0.15, 0.2) is 0 Å². The summed E-state index contributed by atoms with van der Waals surface area (Å²) >= 11 is 0. The average molecular weight is 242 g/mol. The number of hydrogen-bond donors (Lipinski definition) is 1. The van der Waals surface area contributed by atoms with Crippen molar-refractivity contribution < 1.29 is 9.59 Å². The summed E-state index contributed by atoms with van der Waals surface area (Å²) in [5, 5.41) is 1.81. The number of likely N-dealkylation sites (N-methyl/N-ethyl adjacent to an activating group) is 2. The topological polar surface area (TPSA) is 55.9 Å². The first-order chi connectivity index (χ1) is 8.08. The number of carbonyl (C=O) groups excluding carboxylic acids is 2. The Kier molecular flexibility index (Phi) is 5.37. The highest BCUT2D eigenvalue weighted by Gasteiger charge is 2.22. The SMILES string of the molecule is CCN(CC)C(=O)C(=O)NN1CCN(C)CC1. The van der Waals surface area contributed by atoms with E-state index in [0.717, 1.165) is 26.2 Å². The van der Waals surface area contributed by atoms with Crippen LogP contribution >= 0.6 is 0 Å². The van der Waals surface area contributed by atoms with Crippen molar-refractivity contribution in [1.82, 2.24) is 20.2 Å². The molecule has 1 N–H and O–H groups in total. The number of nitrogens with one attached hydrogen (secondary N) is 1. The van der Waals surface area contributed by atoms with E-state index in [9.17, 15) is 9.59 Å². The van der Waals surface area contributed by atoms with Crippen LogP contribution in [-0.2, 0) is 9.59 Å².